The summed E-state index contributed by atoms with van der Waals surface area (Å²) < 4.78 is 37.6. The number of aliphatic carboxylic acids is 1. The average molecular weight is 327 g/mol. The maximum absolute atomic E-state index is 12.9. The molecule has 1 aromatic rings. The zero-order valence-corrected chi connectivity index (χ0v) is 12.9. The van der Waals surface area contributed by atoms with Gasteiger partial charge in [0, 0.05) is 12.6 Å². The molecule has 0 radical (unpaired) electrons. The molecule has 2 aliphatic rings. The number of carboxylic acids is 1. The summed E-state index contributed by atoms with van der Waals surface area (Å²) >= 11 is 0. The summed E-state index contributed by atoms with van der Waals surface area (Å²) in [6.45, 7) is 1.92. The summed E-state index contributed by atoms with van der Waals surface area (Å²) in [4.78, 5) is 11.3. The van der Waals surface area contributed by atoms with Gasteiger partial charge in [-0.15, -0.1) is 0 Å². The van der Waals surface area contributed by atoms with E-state index in [9.17, 15) is 18.3 Å². The SMILES string of the molecule is C[C@@H]1[C@H](C(=O)O)CCCN1S(=O)(=O)c1cccc2c1OCO2. The molecule has 22 heavy (non-hydrogen) atoms. The smallest absolute Gasteiger partial charge is 0.308 e. The van der Waals surface area contributed by atoms with Crippen LogP contribution in [0.3, 0.4) is 0 Å². The lowest BCUT2D eigenvalue weighted by Crippen LogP contribution is -2.49. The number of para-hydroxylation sites is 1. The Kier molecular flexibility index (Phi) is 3.73. The zero-order valence-electron chi connectivity index (χ0n) is 12.1. The number of ether oxygens (including phenoxy) is 2. The third-order valence-electron chi connectivity index (χ3n) is 4.19. The summed E-state index contributed by atoms with van der Waals surface area (Å²) in [6, 6.07) is 4.08. The number of fused-ring (bicyclic) bond motifs is 1. The molecule has 0 spiro atoms. The number of benzene rings is 1. The van der Waals surface area contributed by atoms with Crippen LogP contribution in [0.2, 0.25) is 0 Å². The van der Waals surface area contributed by atoms with Crippen LogP contribution >= 0.6 is 0 Å². The lowest BCUT2D eigenvalue weighted by molar-refractivity contribution is -0.144. The second-order valence-corrected chi connectivity index (χ2v) is 7.29. The number of sulfonamides is 1. The Morgan fingerprint density at radius 3 is 2.86 bits per heavy atom. The van der Waals surface area contributed by atoms with Crippen molar-refractivity contribution < 1.29 is 27.8 Å². The van der Waals surface area contributed by atoms with E-state index in [4.69, 9.17) is 9.47 Å². The third kappa shape index (κ3) is 2.32. The summed E-state index contributed by atoms with van der Waals surface area (Å²) in [7, 11) is -3.84. The standard InChI is InChI=1S/C14H17NO6S/c1-9-10(14(16)17)4-3-7-15(9)22(18,19)12-6-2-5-11-13(12)21-8-20-11/h2,5-6,9-10H,3-4,7-8H2,1H3,(H,16,17)/t9-,10-/m1/s1. The quantitative estimate of drug-likeness (QED) is 0.899. The normalized spacial score (nSPS) is 25.1. The molecule has 2 aliphatic heterocycles. The van der Waals surface area contributed by atoms with Crippen molar-refractivity contribution in [3.05, 3.63) is 18.2 Å². The van der Waals surface area contributed by atoms with Crippen LogP contribution in [0.5, 0.6) is 11.5 Å². The monoisotopic (exact) mass is 327 g/mol. The van der Waals surface area contributed by atoms with Crippen LogP contribution in [0.4, 0.5) is 0 Å². The molecule has 1 aromatic carbocycles. The summed E-state index contributed by atoms with van der Waals surface area (Å²) in [5.74, 6) is -1.07. The van der Waals surface area contributed by atoms with Crippen molar-refractivity contribution in [1.82, 2.24) is 4.31 Å². The van der Waals surface area contributed by atoms with Gasteiger partial charge in [0.05, 0.1) is 5.92 Å². The highest BCUT2D eigenvalue weighted by Gasteiger charge is 2.41. The van der Waals surface area contributed by atoms with Crippen molar-refractivity contribution in [1.29, 1.82) is 0 Å². The number of carboxylic acid groups (broad SMARTS) is 1. The molecule has 0 saturated carbocycles. The highest BCUT2D eigenvalue weighted by molar-refractivity contribution is 7.89. The van der Waals surface area contributed by atoms with Crippen molar-refractivity contribution in [2.45, 2.75) is 30.7 Å². The third-order valence-corrected chi connectivity index (χ3v) is 6.20. The van der Waals surface area contributed by atoms with Crippen LogP contribution < -0.4 is 9.47 Å². The number of hydrogen-bond acceptors (Lipinski definition) is 5. The van der Waals surface area contributed by atoms with E-state index < -0.39 is 28.0 Å². The highest BCUT2D eigenvalue weighted by Crippen LogP contribution is 2.40. The molecule has 1 saturated heterocycles. The number of piperidine rings is 1. The molecule has 2 heterocycles. The van der Waals surface area contributed by atoms with Crippen LogP contribution in [0, 0.1) is 5.92 Å². The first-order valence-electron chi connectivity index (χ1n) is 7.06. The van der Waals surface area contributed by atoms with Crippen molar-refractivity contribution >= 4 is 16.0 Å². The maximum atomic E-state index is 12.9. The van der Waals surface area contributed by atoms with E-state index in [-0.39, 0.29) is 17.4 Å². The number of carbonyl (C=O) groups is 1. The van der Waals surface area contributed by atoms with Gasteiger partial charge in [-0.05, 0) is 31.9 Å². The van der Waals surface area contributed by atoms with Gasteiger partial charge in [-0.3, -0.25) is 4.79 Å². The minimum absolute atomic E-state index is 0.0187. The number of rotatable bonds is 3. The van der Waals surface area contributed by atoms with E-state index >= 15 is 0 Å². The van der Waals surface area contributed by atoms with Crippen molar-refractivity contribution in [2.75, 3.05) is 13.3 Å². The fourth-order valence-corrected chi connectivity index (χ4v) is 4.87. The molecule has 0 unspecified atom stereocenters. The molecule has 8 heteroatoms. The van der Waals surface area contributed by atoms with Crippen LogP contribution in [-0.2, 0) is 14.8 Å². The fraction of sp³-hybridized carbons (Fsp3) is 0.500. The molecular weight excluding hydrogens is 310 g/mol. The summed E-state index contributed by atoms with van der Waals surface area (Å²) in [5, 5.41) is 9.25. The molecule has 1 N–H and O–H groups in total. The second kappa shape index (κ2) is 5.44. The molecule has 120 valence electrons. The number of hydrogen-bond donors (Lipinski definition) is 1. The Hall–Kier alpha value is -1.80. The Bertz CT molecular complexity index is 701. The Morgan fingerprint density at radius 2 is 2.14 bits per heavy atom. The van der Waals surface area contributed by atoms with Crippen molar-refractivity contribution in [2.24, 2.45) is 5.92 Å². The van der Waals surface area contributed by atoms with Crippen LogP contribution in [-0.4, -0.2) is 43.2 Å². The van der Waals surface area contributed by atoms with Gasteiger partial charge in [-0.25, -0.2) is 8.42 Å². The van der Waals surface area contributed by atoms with E-state index in [2.05, 4.69) is 0 Å². The van der Waals surface area contributed by atoms with E-state index in [1.807, 2.05) is 0 Å². The van der Waals surface area contributed by atoms with Crippen molar-refractivity contribution in [3.8, 4) is 11.5 Å². The molecule has 1 fully saturated rings. The van der Waals surface area contributed by atoms with Crippen LogP contribution in [0.25, 0.3) is 0 Å². The Morgan fingerprint density at radius 1 is 1.36 bits per heavy atom. The lowest BCUT2D eigenvalue weighted by Gasteiger charge is -2.36. The molecular formula is C14H17NO6S. The lowest BCUT2D eigenvalue weighted by atomic mass is 9.92. The van der Waals surface area contributed by atoms with E-state index in [0.717, 1.165) is 0 Å². The van der Waals surface area contributed by atoms with Crippen LogP contribution in [0.1, 0.15) is 19.8 Å². The fourth-order valence-electron chi connectivity index (χ4n) is 3.01. The van der Waals surface area contributed by atoms with Gasteiger partial charge >= 0.3 is 5.97 Å². The zero-order chi connectivity index (χ0) is 15.9. The Labute approximate surface area is 128 Å². The number of nitrogens with zero attached hydrogens (tertiary/aromatic N) is 1. The molecule has 0 aliphatic carbocycles. The van der Waals surface area contributed by atoms with Gasteiger partial charge in [0.2, 0.25) is 16.8 Å². The van der Waals surface area contributed by atoms with Gasteiger partial charge in [-0.2, -0.15) is 4.31 Å². The predicted molar refractivity (Wildman–Crippen MR) is 76.3 cm³/mol. The second-order valence-electron chi connectivity index (χ2n) is 5.43. The topological polar surface area (TPSA) is 93.1 Å². The first-order valence-corrected chi connectivity index (χ1v) is 8.50. The van der Waals surface area contributed by atoms with E-state index in [1.165, 1.54) is 10.4 Å². The first kappa shape index (κ1) is 15.1. The van der Waals surface area contributed by atoms with Gasteiger partial charge in [0.25, 0.3) is 0 Å². The largest absolute Gasteiger partial charge is 0.481 e. The molecule has 0 amide bonds. The van der Waals surface area contributed by atoms with Gasteiger partial charge in [0.15, 0.2) is 11.5 Å². The van der Waals surface area contributed by atoms with E-state index in [1.54, 1.807) is 19.1 Å². The Balaban J connectivity index is 2.00. The van der Waals surface area contributed by atoms with Gasteiger partial charge < -0.3 is 14.6 Å². The molecule has 0 aromatic heterocycles. The summed E-state index contributed by atoms with van der Waals surface area (Å²) in [6.07, 6.45) is 1.00. The van der Waals surface area contributed by atoms with Gasteiger partial charge in [-0.1, -0.05) is 6.07 Å². The molecule has 3 rings (SSSR count). The first-order chi connectivity index (χ1) is 10.4. The minimum Gasteiger partial charge on any atom is -0.481 e. The molecule has 0 bridgehead atoms. The minimum atomic E-state index is -3.84. The summed E-state index contributed by atoms with van der Waals surface area (Å²) in [5.41, 5.74) is 0. The van der Waals surface area contributed by atoms with Gasteiger partial charge in [0.1, 0.15) is 4.90 Å². The van der Waals surface area contributed by atoms with E-state index in [0.29, 0.717) is 25.1 Å². The highest BCUT2D eigenvalue weighted by atomic mass is 32.2. The average Bonchev–Trinajstić information content (AvgIpc) is 2.94. The van der Waals surface area contributed by atoms with Crippen LogP contribution in [0.15, 0.2) is 23.1 Å². The van der Waals surface area contributed by atoms with Crippen molar-refractivity contribution in [3.63, 3.8) is 0 Å². The molecule has 7 nitrogen and oxygen atoms in total. The predicted octanol–water partition coefficient (Wildman–Crippen LogP) is 1.29. The molecule has 2 atom stereocenters. The maximum Gasteiger partial charge on any atom is 0.308 e.